The highest BCUT2D eigenvalue weighted by Crippen LogP contribution is 2.28. The molecule has 1 heterocycles. The molecule has 0 aliphatic carbocycles. The van der Waals surface area contributed by atoms with Gasteiger partial charge in [-0.2, -0.15) is 0 Å². The largest absolute Gasteiger partial charge is 0.495 e. The van der Waals surface area contributed by atoms with Crippen LogP contribution in [0.25, 0.3) is 11.5 Å². The van der Waals surface area contributed by atoms with E-state index in [1.54, 1.807) is 18.2 Å². The van der Waals surface area contributed by atoms with Crippen LogP contribution < -0.4 is 10.1 Å². The Morgan fingerprint density at radius 3 is 2.83 bits per heavy atom. The third kappa shape index (κ3) is 3.36. The molecule has 0 atom stereocenters. The second kappa shape index (κ2) is 6.67. The minimum Gasteiger partial charge on any atom is -0.495 e. The number of anilines is 1. The van der Waals surface area contributed by atoms with Gasteiger partial charge in [0.15, 0.2) is 0 Å². The van der Waals surface area contributed by atoms with E-state index in [9.17, 15) is 9.18 Å². The molecule has 0 bridgehead atoms. The van der Waals surface area contributed by atoms with Crippen LogP contribution in [0.1, 0.15) is 10.7 Å². The van der Waals surface area contributed by atoms with Crippen LogP contribution in [-0.4, -0.2) is 23.2 Å². The van der Waals surface area contributed by atoms with Crippen LogP contribution in [0.3, 0.4) is 0 Å². The Kier molecular flexibility index (Phi) is 4.43. The fraction of sp³-hybridized carbons (Fsp3) is 0.0625. The van der Waals surface area contributed by atoms with Crippen LogP contribution >= 0.6 is 11.6 Å². The van der Waals surface area contributed by atoms with Gasteiger partial charge in [-0.15, -0.1) is 10.2 Å². The average molecular weight is 348 g/mol. The number of nitrogens with one attached hydrogen (secondary N) is 1. The lowest BCUT2D eigenvalue weighted by Gasteiger charge is -2.08. The molecule has 122 valence electrons. The topological polar surface area (TPSA) is 77.2 Å². The first-order valence-electron chi connectivity index (χ1n) is 6.81. The van der Waals surface area contributed by atoms with E-state index in [1.165, 1.54) is 31.4 Å². The van der Waals surface area contributed by atoms with Crippen molar-refractivity contribution in [3.05, 3.63) is 59.2 Å². The zero-order valence-electron chi connectivity index (χ0n) is 12.4. The number of halogens is 2. The van der Waals surface area contributed by atoms with Crippen LogP contribution in [0.4, 0.5) is 10.1 Å². The van der Waals surface area contributed by atoms with Crippen molar-refractivity contribution in [1.82, 2.24) is 10.2 Å². The molecular formula is C16H11ClFN3O3. The number of carbonyl (C=O) groups excluding carboxylic acids is 1. The van der Waals surface area contributed by atoms with Gasteiger partial charge in [0.1, 0.15) is 11.6 Å². The summed E-state index contributed by atoms with van der Waals surface area (Å²) in [4.78, 5) is 12.2. The third-order valence-corrected chi connectivity index (χ3v) is 3.34. The van der Waals surface area contributed by atoms with Crippen molar-refractivity contribution in [2.24, 2.45) is 0 Å². The molecular weight excluding hydrogens is 337 g/mol. The maximum Gasteiger partial charge on any atom is 0.313 e. The fourth-order valence-electron chi connectivity index (χ4n) is 2.01. The predicted molar refractivity (Wildman–Crippen MR) is 85.6 cm³/mol. The van der Waals surface area contributed by atoms with Gasteiger partial charge < -0.3 is 14.5 Å². The van der Waals surface area contributed by atoms with E-state index < -0.39 is 11.7 Å². The summed E-state index contributed by atoms with van der Waals surface area (Å²) in [7, 11) is 1.47. The van der Waals surface area contributed by atoms with Gasteiger partial charge in [0, 0.05) is 10.6 Å². The van der Waals surface area contributed by atoms with Crippen LogP contribution in [0, 0.1) is 5.82 Å². The van der Waals surface area contributed by atoms with Crippen molar-refractivity contribution < 1.29 is 18.3 Å². The van der Waals surface area contributed by atoms with E-state index in [0.29, 0.717) is 22.0 Å². The second-order valence-corrected chi connectivity index (χ2v) is 5.16. The summed E-state index contributed by atoms with van der Waals surface area (Å²) in [5.74, 6) is -0.877. The molecule has 3 aromatic rings. The summed E-state index contributed by atoms with van der Waals surface area (Å²) in [6.07, 6.45) is 0. The molecule has 0 saturated heterocycles. The molecule has 0 fully saturated rings. The lowest BCUT2D eigenvalue weighted by molar-refractivity contribution is 0.0990. The standard InChI is InChI=1S/C16H11ClFN3O3/c1-23-13-6-5-10(17)8-12(13)19-14(22)16-21-20-15(24-16)9-3-2-4-11(18)7-9/h2-8H,1H3,(H,19,22). The number of nitrogens with zero attached hydrogens (tertiary/aromatic N) is 2. The van der Waals surface area contributed by atoms with E-state index in [-0.39, 0.29) is 11.8 Å². The number of carbonyl (C=O) groups is 1. The number of ether oxygens (including phenoxy) is 1. The zero-order valence-corrected chi connectivity index (χ0v) is 13.2. The minimum absolute atomic E-state index is 0.0395. The van der Waals surface area contributed by atoms with Crippen molar-refractivity contribution in [3.8, 4) is 17.2 Å². The van der Waals surface area contributed by atoms with Gasteiger partial charge in [0.05, 0.1) is 12.8 Å². The Morgan fingerprint density at radius 1 is 1.25 bits per heavy atom. The van der Waals surface area contributed by atoms with Crippen molar-refractivity contribution in [2.75, 3.05) is 12.4 Å². The summed E-state index contributed by atoms with van der Waals surface area (Å²) in [6.45, 7) is 0. The maximum atomic E-state index is 13.2. The Morgan fingerprint density at radius 2 is 2.08 bits per heavy atom. The van der Waals surface area contributed by atoms with Gasteiger partial charge >= 0.3 is 11.8 Å². The predicted octanol–water partition coefficient (Wildman–Crippen LogP) is 3.79. The Labute approximate surface area is 141 Å². The summed E-state index contributed by atoms with van der Waals surface area (Å²) in [6, 6.07) is 10.4. The Balaban J connectivity index is 1.83. The van der Waals surface area contributed by atoms with Gasteiger partial charge in [-0.05, 0) is 36.4 Å². The highest BCUT2D eigenvalue weighted by molar-refractivity contribution is 6.31. The Hall–Kier alpha value is -2.93. The number of amides is 1. The first-order chi connectivity index (χ1) is 11.6. The molecule has 1 amide bonds. The van der Waals surface area contributed by atoms with Crippen molar-refractivity contribution in [2.45, 2.75) is 0 Å². The average Bonchev–Trinajstić information content (AvgIpc) is 3.05. The second-order valence-electron chi connectivity index (χ2n) is 4.72. The van der Waals surface area contributed by atoms with Crippen LogP contribution in [0.2, 0.25) is 5.02 Å². The number of hydrogen-bond donors (Lipinski definition) is 1. The molecule has 0 saturated carbocycles. The monoisotopic (exact) mass is 347 g/mol. The fourth-order valence-corrected chi connectivity index (χ4v) is 2.18. The SMILES string of the molecule is COc1ccc(Cl)cc1NC(=O)c1nnc(-c2cccc(F)c2)o1. The van der Waals surface area contributed by atoms with E-state index in [2.05, 4.69) is 15.5 Å². The van der Waals surface area contributed by atoms with Gasteiger partial charge in [-0.25, -0.2) is 4.39 Å². The molecule has 0 radical (unpaired) electrons. The lowest BCUT2D eigenvalue weighted by Crippen LogP contribution is -2.13. The van der Waals surface area contributed by atoms with Crippen LogP contribution in [0.5, 0.6) is 5.75 Å². The van der Waals surface area contributed by atoms with E-state index in [1.807, 2.05) is 0 Å². The minimum atomic E-state index is -0.634. The third-order valence-electron chi connectivity index (χ3n) is 3.10. The molecule has 1 N–H and O–H groups in total. The van der Waals surface area contributed by atoms with E-state index >= 15 is 0 Å². The first kappa shape index (κ1) is 15.9. The van der Waals surface area contributed by atoms with E-state index in [0.717, 1.165) is 0 Å². The summed E-state index contributed by atoms with van der Waals surface area (Å²) in [5, 5.41) is 10.4. The molecule has 24 heavy (non-hydrogen) atoms. The molecule has 0 unspecified atom stereocenters. The van der Waals surface area contributed by atoms with Crippen molar-refractivity contribution in [1.29, 1.82) is 0 Å². The molecule has 3 rings (SSSR count). The summed E-state index contributed by atoms with van der Waals surface area (Å²) in [5.41, 5.74) is 0.738. The number of methoxy groups -OCH3 is 1. The molecule has 0 aliphatic rings. The van der Waals surface area contributed by atoms with Gasteiger partial charge in [0.2, 0.25) is 5.89 Å². The number of aromatic nitrogens is 2. The molecule has 6 nitrogen and oxygen atoms in total. The Bertz CT molecular complexity index is 898. The van der Waals surface area contributed by atoms with Gasteiger partial charge in [-0.1, -0.05) is 17.7 Å². The van der Waals surface area contributed by atoms with Crippen molar-refractivity contribution >= 4 is 23.2 Å². The normalized spacial score (nSPS) is 10.5. The molecule has 0 aliphatic heterocycles. The van der Waals surface area contributed by atoms with Crippen molar-refractivity contribution in [3.63, 3.8) is 0 Å². The quantitative estimate of drug-likeness (QED) is 0.777. The van der Waals surface area contributed by atoms with Gasteiger partial charge in [0.25, 0.3) is 0 Å². The highest BCUT2D eigenvalue weighted by Gasteiger charge is 2.18. The summed E-state index contributed by atoms with van der Waals surface area (Å²) < 4.78 is 23.7. The number of hydrogen-bond acceptors (Lipinski definition) is 5. The highest BCUT2D eigenvalue weighted by atomic mass is 35.5. The molecule has 1 aromatic heterocycles. The van der Waals surface area contributed by atoms with Crippen LogP contribution in [-0.2, 0) is 0 Å². The lowest BCUT2D eigenvalue weighted by atomic mass is 10.2. The maximum absolute atomic E-state index is 13.2. The first-order valence-corrected chi connectivity index (χ1v) is 7.19. The van der Waals surface area contributed by atoms with Crippen LogP contribution in [0.15, 0.2) is 46.9 Å². The van der Waals surface area contributed by atoms with Gasteiger partial charge in [-0.3, -0.25) is 4.79 Å². The molecule has 2 aromatic carbocycles. The molecule has 0 spiro atoms. The zero-order chi connectivity index (χ0) is 17.1. The number of benzene rings is 2. The molecule has 8 heteroatoms. The van der Waals surface area contributed by atoms with E-state index in [4.69, 9.17) is 20.8 Å². The summed E-state index contributed by atoms with van der Waals surface area (Å²) >= 11 is 5.91. The number of rotatable bonds is 4. The smallest absolute Gasteiger partial charge is 0.313 e.